The summed E-state index contributed by atoms with van der Waals surface area (Å²) < 4.78 is 7.39. The highest BCUT2D eigenvalue weighted by Gasteiger charge is 2.33. The van der Waals surface area contributed by atoms with Crippen molar-refractivity contribution in [1.82, 2.24) is 0 Å². The van der Waals surface area contributed by atoms with Gasteiger partial charge in [0.25, 0.3) is 5.91 Å². The fraction of sp³-hybridized carbons (Fsp3) is 0.0435. The standard InChI is InChI=1S/C23H15BrClNO2S2/c24-17-5-3-6-19(13-17)26-22(27)21(30-23(26)29)12-16-4-1-2-7-20(16)28-14-15-8-10-18(25)11-9-15/h1-13H,14H2/b21-12+. The predicted octanol–water partition coefficient (Wildman–Crippen LogP) is 7.09. The van der Waals surface area contributed by atoms with Crippen LogP contribution < -0.4 is 9.64 Å². The summed E-state index contributed by atoms with van der Waals surface area (Å²) in [7, 11) is 0. The molecule has 0 aromatic heterocycles. The molecule has 0 bridgehead atoms. The molecular formula is C23H15BrClNO2S2. The number of thiocarbonyl (C=S) groups is 1. The number of para-hydroxylation sites is 1. The van der Waals surface area contributed by atoms with Crippen molar-refractivity contribution in [3.8, 4) is 5.75 Å². The van der Waals surface area contributed by atoms with Gasteiger partial charge in [-0.1, -0.05) is 87.9 Å². The number of amides is 1. The van der Waals surface area contributed by atoms with Crippen molar-refractivity contribution in [2.75, 3.05) is 4.90 Å². The van der Waals surface area contributed by atoms with E-state index in [1.54, 1.807) is 4.90 Å². The second kappa shape index (κ2) is 9.35. The van der Waals surface area contributed by atoms with Crippen molar-refractivity contribution in [3.05, 3.63) is 98.3 Å². The Labute approximate surface area is 197 Å². The molecule has 1 aliphatic rings. The van der Waals surface area contributed by atoms with Crippen LogP contribution >= 0.6 is 51.5 Å². The molecule has 0 unspecified atom stereocenters. The van der Waals surface area contributed by atoms with Crippen LogP contribution in [0.15, 0.2) is 82.2 Å². The van der Waals surface area contributed by atoms with E-state index < -0.39 is 0 Å². The van der Waals surface area contributed by atoms with Gasteiger partial charge in [0.2, 0.25) is 0 Å². The summed E-state index contributed by atoms with van der Waals surface area (Å²) in [5, 5.41) is 0.687. The molecule has 3 aromatic rings. The van der Waals surface area contributed by atoms with Gasteiger partial charge in [-0.2, -0.15) is 0 Å². The summed E-state index contributed by atoms with van der Waals surface area (Å²) in [5.74, 6) is 0.552. The third kappa shape index (κ3) is 4.78. The maximum atomic E-state index is 13.0. The molecule has 150 valence electrons. The molecule has 3 aromatic carbocycles. The number of hydrogen-bond donors (Lipinski definition) is 0. The van der Waals surface area contributed by atoms with Gasteiger partial charge in [0.05, 0.1) is 10.6 Å². The van der Waals surface area contributed by atoms with Crippen LogP contribution in [0.2, 0.25) is 5.02 Å². The lowest BCUT2D eigenvalue weighted by molar-refractivity contribution is -0.113. The summed E-state index contributed by atoms with van der Waals surface area (Å²) in [4.78, 5) is 15.1. The lowest BCUT2D eigenvalue weighted by Gasteiger charge is -2.14. The van der Waals surface area contributed by atoms with E-state index in [1.807, 2.05) is 78.9 Å². The van der Waals surface area contributed by atoms with E-state index in [1.165, 1.54) is 11.8 Å². The van der Waals surface area contributed by atoms with Gasteiger partial charge in [0.1, 0.15) is 12.4 Å². The number of carbonyl (C=O) groups is 1. The maximum Gasteiger partial charge on any atom is 0.270 e. The summed E-state index contributed by atoms with van der Waals surface area (Å²) in [6.45, 7) is 0.404. The Balaban J connectivity index is 1.57. The van der Waals surface area contributed by atoms with E-state index in [0.29, 0.717) is 26.6 Å². The lowest BCUT2D eigenvalue weighted by atomic mass is 10.1. The quantitative estimate of drug-likeness (QED) is 0.267. The van der Waals surface area contributed by atoms with Crippen LogP contribution in [0, 0.1) is 0 Å². The van der Waals surface area contributed by atoms with Crippen LogP contribution in [0.25, 0.3) is 6.08 Å². The Morgan fingerprint density at radius 3 is 2.60 bits per heavy atom. The Morgan fingerprint density at radius 2 is 1.83 bits per heavy atom. The number of ether oxygens (including phenoxy) is 1. The van der Waals surface area contributed by atoms with Gasteiger partial charge in [-0.05, 0) is 48.0 Å². The molecule has 0 atom stereocenters. The highest BCUT2D eigenvalue weighted by atomic mass is 79.9. The van der Waals surface area contributed by atoms with E-state index in [9.17, 15) is 4.79 Å². The molecule has 0 radical (unpaired) electrons. The van der Waals surface area contributed by atoms with Crippen molar-refractivity contribution in [3.63, 3.8) is 0 Å². The molecule has 1 saturated heterocycles. The van der Waals surface area contributed by atoms with E-state index in [4.69, 9.17) is 28.6 Å². The lowest BCUT2D eigenvalue weighted by Crippen LogP contribution is -2.27. The third-order valence-electron chi connectivity index (χ3n) is 4.37. The Kier molecular flexibility index (Phi) is 6.58. The maximum absolute atomic E-state index is 13.0. The number of benzene rings is 3. The minimum atomic E-state index is -0.143. The van der Waals surface area contributed by atoms with Crippen LogP contribution in [0.1, 0.15) is 11.1 Å². The summed E-state index contributed by atoms with van der Waals surface area (Å²) >= 11 is 16.1. The SMILES string of the molecule is O=C1/C(=C\c2ccccc2OCc2ccc(Cl)cc2)SC(=S)N1c1cccc(Br)c1. The Morgan fingerprint density at radius 1 is 1.07 bits per heavy atom. The molecular weight excluding hydrogens is 502 g/mol. The number of thioether (sulfide) groups is 1. The molecule has 1 fully saturated rings. The van der Waals surface area contributed by atoms with Crippen LogP contribution in [-0.2, 0) is 11.4 Å². The minimum absolute atomic E-state index is 0.143. The zero-order valence-electron chi connectivity index (χ0n) is 15.5. The molecule has 1 aliphatic heterocycles. The summed E-state index contributed by atoms with van der Waals surface area (Å²) in [6, 6.07) is 22.7. The average molecular weight is 517 g/mol. The van der Waals surface area contributed by atoms with Crippen molar-refractivity contribution < 1.29 is 9.53 Å². The molecule has 1 heterocycles. The van der Waals surface area contributed by atoms with Crippen molar-refractivity contribution >= 4 is 73.5 Å². The smallest absolute Gasteiger partial charge is 0.270 e. The zero-order valence-corrected chi connectivity index (χ0v) is 19.5. The zero-order chi connectivity index (χ0) is 21.1. The van der Waals surface area contributed by atoms with Crippen molar-refractivity contribution in [2.45, 2.75) is 6.61 Å². The van der Waals surface area contributed by atoms with Crippen molar-refractivity contribution in [1.29, 1.82) is 0 Å². The third-order valence-corrected chi connectivity index (χ3v) is 6.42. The van der Waals surface area contributed by atoms with Gasteiger partial charge in [-0.25, -0.2) is 0 Å². The van der Waals surface area contributed by atoms with Crippen LogP contribution in [-0.4, -0.2) is 10.2 Å². The van der Waals surface area contributed by atoms with E-state index in [2.05, 4.69) is 15.9 Å². The average Bonchev–Trinajstić information content (AvgIpc) is 3.01. The van der Waals surface area contributed by atoms with Gasteiger partial charge in [-0.3, -0.25) is 9.69 Å². The number of halogens is 2. The molecule has 0 aliphatic carbocycles. The summed E-state index contributed by atoms with van der Waals surface area (Å²) in [5.41, 5.74) is 2.57. The molecule has 1 amide bonds. The molecule has 7 heteroatoms. The largest absolute Gasteiger partial charge is 0.488 e. The van der Waals surface area contributed by atoms with Crippen LogP contribution in [0.4, 0.5) is 5.69 Å². The van der Waals surface area contributed by atoms with Gasteiger partial charge >= 0.3 is 0 Å². The topological polar surface area (TPSA) is 29.5 Å². The number of nitrogens with zero attached hydrogens (tertiary/aromatic N) is 1. The first-order chi connectivity index (χ1) is 14.5. The normalized spacial score (nSPS) is 15.1. The van der Waals surface area contributed by atoms with Crippen LogP contribution in [0.5, 0.6) is 5.75 Å². The second-order valence-corrected chi connectivity index (χ2v) is 9.48. The van der Waals surface area contributed by atoms with Gasteiger partial charge < -0.3 is 4.74 Å². The van der Waals surface area contributed by atoms with Gasteiger partial charge in [0.15, 0.2) is 4.32 Å². The highest BCUT2D eigenvalue weighted by Crippen LogP contribution is 2.37. The van der Waals surface area contributed by atoms with E-state index in [0.717, 1.165) is 21.3 Å². The Bertz CT molecular complexity index is 1150. The van der Waals surface area contributed by atoms with Crippen LogP contribution in [0.3, 0.4) is 0 Å². The first-order valence-electron chi connectivity index (χ1n) is 9.01. The fourth-order valence-electron chi connectivity index (χ4n) is 2.92. The molecule has 0 N–H and O–H groups in total. The molecule has 3 nitrogen and oxygen atoms in total. The summed E-state index contributed by atoms with van der Waals surface area (Å²) in [6.07, 6.45) is 1.83. The minimum Gasteiger partial charge on any atom is -0.488 e. The molecule has 0 spiro atoms. The number of carbonyl (C=O) groups excluding carboxylic acids is 1. The molecule has 4 rings (SSSR count). The number of hydrogen-bond acceptors (Lipinski definition) is 4. The van der Waals surface area contributed by atoms with Gasteiger partial charge in [0, 0.05) is 15.1 Å². The van der Waals surface area contributed by atoms with Gasteiger partial charge in [-0.15, -0.1) is 0 Å². The Hall–Kier alpha value is -2.12. The first-order valence-corrected chi connectivity index (χ1v) is 11.4. The highest BCUT2D eigenvalue weighted by molar-refractivity contribution is 9.10. The predicted molar refractivity (Wildman–Crippen MR) is 132 cm³/mol. The fourth-order valence-corrected chi connectivity index (χ4v) is 4.72. The number of anilines is 1. The number of rotatable bonds is 5. The second-order valence-electron chi connectivity index (χ2n) is 6.45. The first kappa shape index (κ1) is 21.1. The molecule has 30 heavy (non-hydrogen) atoms. The van der Waals surface area contributed by atoms with E-state index >= 15 is 0 Å². The van der Waals surface area contributed by atoms with E-state index in [-0.39, 0.29) is 5.91 Å². The monoisotopic (exact) mass is 515 g/mol. The molecule has 0 saturated carbocycles. The van der Waals surface area contributed by atoms with Crippen molar-refractivity contribution in [2.24, 2.45) is 0 Å².